The molecule has 3 rings (SSSR count). The van der Waals surface area contributed by atoms with Gasteiger partial charge in [-0.1, -0.05) is 32.6 Å². The zero-order valence-electron chi connectivity index (χ0n) is 14.1. The molecule has 1 saturated heterocycles. The molecule has 0 bridgehead atoms. The van der Waals surface area contributed by atoms with Gasteiger partial charge in [0.25, 0.3) is 0 Å². The summed E-state index contributed by atoms with van der Waals surface area (Å²) in [6.07, 6.45) is 11.0. The van der Waals surface area contributed by atoms with Gasteiger partial charge in [0.1, 0.15) is 0 Å². The highest BCUT2D eigenvalue weighted by Gasteiger charge is 2.66. The number of aliphatic imine (C=N–C) groups is 1. The maximum Gasteiger partial charge on any atom is 0.191 e. The molecule has 0 aromatic rings. The van der Waals surface area contributed by atoms with Crippen molar-refractivity contribution in [3.05, 3.63) is 0 Å². The first kappa shape index (κ1) is 18.3. The highest BCUT2D eigenvalue weighted by Crippen LogP contribution is 2.62. The van der Waals surface area contributed by atoms with Gasteiger partial charge in [-0.3, -0.25) is 4.99 Å². The molecule has 2 saturated carbocycles. The number of guanidine groups is 1. The zero-order chi connectivity index (χ0) is 14.7. The molecule has 0 amide bonds. The maximum absolute atomic E-state index is 5.98. The molecule has 0 radical (unpaired) electrons. The number of halogens is 1. The van der Waals surface area contributed by atoms with Gasteiger partial charge in [-0.2, -0.15) is 0 Å². The summed E-state index contributed by atoms with van der Waals surface area (Å²) in [6.45, 7) is 4.24. The second-order valence-corrected chi connectivity index (χ2v) is 7.01. The smallest absolute Gasteiger partial charge is 0.191 e. The van der Waals surface area contributed by atoms with Crippen LogP contribution in [0.1, 0.15) is 58.3 Å². The fourth-order valence-electron chi connectivity index (χ4n) is 4.56. The van der Waals surface area contributed by atoms with E-state index in [4.69, 9.17) is 4.74 Å². The third kappa shape index (κ3) is 3.25. The molecule has 2 N–H and O–H groups in total. The Morgan fingerprint density at radius 1 is 1.27 bits per heavy atom. The van der Waals surface area contributed by atoms with E-state index in [9.17, 15) is 0 Å². The first-order valence-electron chi connectivity index (χ1n) is 8.90. The molecule has 1 spiro atoms. The summed E-state index contributed by atoms with van der Waals surface area (Å²) in [4.78, 5) is 4.42. The summed E-state index contributed by atoms with van der Waals surface area (Å²) >= 11 is 0. The van der Waals surface area contributed by atoms with E-state index in [0.717, 1.165) is 19.1 Å². The van der Waals surface area contributed by atoms with Crippen molar-refractivity contribution in [3.8, 4) is 0 Å². The summed E-state index contributed by atoms with van der Waals surface area (Å²) in [5.74, 6) is 1.71. The third-order valence-electron chi connectivity index (χ3n) is 5.87. The van der Waals surface area contributed by atoms with E-state index in [2.05, 4.69) is 22.5 Å². The Bertz CT molecular complexity index is 384. The molecular formula is C17H32IN3O. The van der Waals surface area contributed by atoms with Crippen molar-refractivity contribution in [1.29, 1.82) is 0 Å². The van der Waals surface area contributed by atoms with Crippen molar-refractivity contribution >= 4 is 29.9 Å². The van der Waals surface area contributed by atoms with Crippen LogP contribution in [-0.4, -0.2) is 38.3 Å². The van der Waals surface area contributed by atoms with Crippen LogP contribution in [0.2, 0.25) is 0 Å². The fraction of sp³-hybridized carbons (Fsp3) is 0.941. The SMILES string of the molecule is CCCCCCNC(=NC)NC1C2CCOC2C12CCC2.I. The molecule has 0 aromatic heterocycles. The van der Waals surface area contributed by atoms with Crippen LogP contribution in [0.5, 0.6) is 0 Å². The van der Waals surface area contributed by atoms with E-state index >= 15 is 0 Å². The summed E-state index contributed by atoms with van der Waals surface area (Å²) in [6, 6.07) is 0.584. The van der Waals surface area contributed by atoms with Crippen molar-refractivity contribution < 1.29 is 4.74 Å². The molecular weight excluding hydrogens is 389 g/mol. The number of ether oxygens (including phenoxy) is 1. The minimum Gasteiger partial charge on any atom is -0.377 e. The average Bonchev–Trinajstić information content (AvgIpc) is 2.85. The van der Waals surface area contributed by atoms with Gasteiger partial charge >= 0.3 is 0 Å². The lowest BCUT2D eigenvalue weighted by Crippen LogP contribution is -2.72. The normalized spacial score (nSPS) is 31.7. The minimum absolute atomic E-state index is 0. The summed E-state index contributed by atoms with van der Waals surface area (Å²) in [5, 5.41) is 7.21. The lowest BCUT2D eigenvalue weighted by molar-refractivity contribution is -0.171. The fourth-order valence-corrected chi connectivity index (χ4v) is 4.56. The molecule has 3 unspecified atom stereocenters. The Hall–Kier alpha value is -0.0400. The van der Waals surface area contributed by atoms with Crippen LogP contribution >= 0.6 is 24.0 Å². The minimum atomic E-state index is 0. The first-order valence-corrected chi connectivity index (χ1v) is 8.90. The van der Waals surface area contributed by atoms with Gasteiger partial charge in [0, 0.05) is 37.6 Å². The molecule has 3 aliphatic rings. The monoisotopic (exact) mass is 421 g/mol. The Kier molecular flexibility index (Phi) is 6.80. The second kappa shape index (κ2) is 8.18. The zero-order valence-corrected chi connectivity index (χ0v) is 16.4. The molecule has 128 valence electrons. The number of unbranched alkanes of at least 4 members (excludes halogenated alkanes) is 3. The van der Waals surface area contributed by atoms with E-state index < -0.39 is 0 Å². The highest BCUT2D eigenvalue weighted by atomic mass is 127. The lowest BCUT2D eigenvalue weighted by atomic mass is 9.46. The molecule has 22 heavy (non-hydrogen) atoms. The Balaban J connectivity index is 0.00000176. The predicted octanol–water partition coefficient (Wildman–Crippen LogP) is 3.31. The van der Waals surface area contributed by atoms with Crippen LogP contribution in [0.25, 0.3) is 0 Å². The molecule has 1 heterocycles. The van der Waals surface area contributed by atoms with Gasteiger partial charge in [0.15, 0.2) is 5.96 Å². The lowest BCUT2D eigenvalue weighted by Gasteiger charge is -2.63. The molecule has 1 aliphatic heterocycles. The summed E-state index contributed by atoms with van der Waals surface area (Å²) in [7, 11) is 1.89. The van der Waals surface area contributed by atoms with Gasteiger partial charge in [-0.15, -0.1) is 24.0 Å². The van der Waals surface area contributed by atoms with Crippen molar-refractivity contribution in [2.45, 2.75) is 70.4 Å². The number of nitrogens with zero attached hydrogens (tertiary/aromatic N) is 1. The number of rotatable bonds is 6. The quantitative estimate of drug-likeness (QED) is 0.300. The van der Waals surface area contributed by atoms with Gasteiger partial charge in [-0.05, 0) is 25.7 Å². The summed E-state index contributed by atoms with van der Waals surface area (Å²) in [5.41, 5.74) is 0.432. The first-order chi connectivity index (χ1) is 10.3. The Morgan fingerprint density at radius 2 is 2.09 bits per heavy atom. The van der Waals surface area contributed by atoms with Crippen LogP contribution < -0.4 is 10.6 Å². The van der Waals surface area contributed by atoms with Crippen LogP contribution in [0.15, 0.2) is 4.99 Å². The number of fused-ring (bicyclic) bond motifs is 2. The maximum atomic E-state index is 5.98. The molecule has 5 heteroatoms. The van der Waals surface area contributed by atoms with E-state index in [-0.39, 0.29) is 24.0 Å². The van der Waals surface area contributed by atoms with Crippen LogP contribution in [0.3, 0.4) is 0 Å². The van der Waals surface area contributed by atoms with Gasteiger partial charge < -0.3 is 15.4 Å². The van der Waals surface area contributed by atoms with Crippen molar-refractivity contribution in [2.75, 3.05) is 20.2 Å². The highest BCUT2D eigenvalue weighted by molar-refractivity contribution is 14.0. The summed E-state index contributed by atoms with van der Waals surface area (Å²) < 4.78 is 5.98. The Labute approximate surface area is 152 Å². The van der Waals surface area contributed by atoms with Gasteiger partial charge in [0.05, 0.1) is 6.10 Å². The van der Waals surface area contributed by atoms with Crippen LogP contribution in [0, 0.1) is 11.3 Å². The standard InChI is InChI=1S/C17H31N3O.HI/c1-3-4-5-6-11-19-16(18-2)20-14-13-8-12-21-15(13)17(14)9-7-10-17;/h13-15H,3-12H2,1-2H3,(H2,18,19,20);1H. The molecule has 0 aromatic carbocycles. The Morgan fingerprint density at radius 3 is 2.73 bits per heavy atom. The van der Waals surface area contributed by atoms with E-state index in [1.165, 1.54) is 51.4 Å². The third-order valence-corrected chi connectivity index (χ3v) is 5.87. The van der Waals surface area contributed by atoms with Gasteiger partial charge in [-0.25, -0.2) is 0 Å². The van der Waals surface area contributed by atoms with Gasteiger partial charge in [0.2, 0.25) is 0 Å². The number of nitrogens with one attached hydrogen (secondary N) is 2. The average molecular weight is 421 g/mol. The van der Waals surface area contributed by atoms with Crippen LogP contribution in [0.4, 0.5) is 0 Å². The largest absolute Gasteiger partial charge is 0.377 e. The van der Waals surface area contributed by atoms with Crippen molar-refractivity contribution in [1.82, 2.24) is 10.6 Å². The molecule has 3 atom stereocenters. The predicted molar refractivity (Wildman–Crippen MR) is 102 cm³/mol. The molecule has 2 aliphatic carbocycles. The van der Waals surface area contributed by atoms with Crippen molar-refractivity contribution in [2.24, 2.45) is 16.3 Å². The topological polar surface area (TPSA) is 45.7 Å². The van der Waals surface area contributed by atoms with E-state index in [1.54, 1.807) is 0 Å². The molecule has 4 nitrogen and oxygen atoms in total. The second-order valence-electron chi connectivity index (χ2n) is 7.01. The molecule has 3 fully saturated rings. The van der Waals surface area contributed by atoms with E-state index in [1.807, 2.05) is 7.05 Å². The van der Waals surface area contributed by atoms with Crippen molar-refractivity contribution in [3.63, 3.8) is 0 Å². The van der Waals surface area contributed by atoms with Crippen LogP contribution in [-0.2, 0) is 4.74 Å². The number of hydrogen-bond donors (Lipinski definition) is 2. The van der Waals surface area contributed by atoms with E-state index in [0.29, 0.717) is 23.5 Å². The number of hydrogen-bond acceptors (Lipinski definition) is 2.